The normalized spacial score (nSPS) is 10.4. The maximum Gasteiger partial charge on any atom is 0.165 e. The molecule has 3 nitrogen and oxygen atoms in total. The van der Waals surface area contributed by atoms with Gasteiger partial charge in [0.2, 0.25) is 0 Å². The Morgan fingerprint density at radius 2 is 2.31 bits per heavy atom. The van der Waals surface area contributed by atoms with Gasteiger partial charge in [0, 0.05) is 23.0 Å². The number of hydrogen-bond donors (Lipinski definition) is 0. The number of rotatable bonds is 3. The van der Waals surface area contributed by atoms with Gasteiger partial charge in [-0.15, -0.1) is 0 Å². The summed E-state index contributed by atoms with van der Waals surface area (Å²) in [5.74, 6) is 1.45. The minimum atomic E-state index is 0.656. The van der Waals surface area contributed by atoms with Crippen molar-refractivity contribution in [2.45, 2.75) is 5.33 Å². The molecular formula is C11H10BrClN2O. The van der Waals surface area contributed by atoms with Crippen LogP contribution in [0, 0.1) is 0 Å². The SMILES string of the molecule is Cn1cc(Oc2cc(Cl)ccc2CBr)cn1. The molecule has 0 spiro atoms. The fraction of sp³-hybridized carbons (Fsp3) is 0.182. The van der Waals surface area contributed by atoms with Gasteiger partial charge in [-0.05, 0) is 12.1 Å². The molecule has 0 atom stereocenters. The summed E-state index contributed by atoms with van der Waals surface area (Å²) in [6, 6.07) is 5.57. The predicted octanol–water partition coefficient (Wildman–Crippen LogP) is 3.76. The van der Waals surface area contributed by atoms with Crippen LogP contribution in [0.5, 0.6) is 11.5 Å². The topological polar surface area (TPSA) is 27.1 Å². The van der Waals surface area contributed by atoms with E-state index in [1.807, 2.05) is 19.2 Å². The van der Waals surface area contributed by atoms with Crippen LogP contribution in [0.4, 0.5) is 0 Å². The van der Waals surface area contributed by atoms with Crippen LogP contribution in [-0.4, -0.2) is 9.78 Å². The van der Waals surface area contributed by atoms with Crippen LogP contribution in [0.25, 0.3) is 0 Å². The molecule has 0 saturated heterocycles. The molecule has 0 aliphatic heterocycles. The van der Waals surface area contributed by atoms with E-state index >= 15 is 0 Å². The average molecular weight is 302 g/mol. The maximum atomic E-state index is 5.93. The lowest BCUT2D eigenvalue weighted by Gasteiger charge is -2.07. The first-order valence-corrected chi connectivity index (χ1v) is 6.20. The van der Waals surface area contributed by atoms with Crippen molar-refractivity contribution >= 4 is 27.5 Å². The zero-order valence-electron chi connectivity index (χ0n) is 8.65. The monoisotopic (exact) mass is 300 g/mol. The fourth-order valence-corrected chi connectivity index (χ4v) is 1.94. The Morgan fingerprint density at radius 1 is 1.50 bits per heavy atom. The molecule has 0 radical (unpaired) electrons. The third-order valence-corrected chi connectivity index (χ3v) is 2.92. The zero-order valence-corrected chi connectivity index (χ0v) is 11.0. The third-order valence-electron chi connectivity index (χ3n) is 2.08. The molecule has 0 unspecified atom stereocenters. The van der Waals surface area contributed by atoms with Gasteiger partial charge in [-0.1, -0.05) is 33.6 Å². The lowest BCUT2D eigenvalue weighted by Crippen LogP contribution is -1.88. The Kier molecular flexibility index (Phi) is 3.51. The first kappa shape index (κ1) is 11.5. The largest absolute Gasteiger partial charge is 0.454 e. The Morgan fingerprint density at radius 3 is 2.94 bits per heavy atom. The van der Waals surface area contributed by atoms with E-state index in [1.54, 1.807) is 23.1 Å². The van der Waals surface area contributed by atoms with Gasteiger partial charge in [-0.2, -0.15) is 5.10 Å². The summed E-state index contributed by atoms with van der Waals surface area (Å²) in [5.41, 5.74) is 1.05. The number of nitrogens with zero attached hydrogens (tertiary/aromatic N) is 2. The summed E-state index contributed by atoms with van der Waals surface area (Å²) in [7, 11) is 1.84. The van der Waals surface area contributed by atoms with E-state index < -0.39 is 0 Å². The number of aromatic nitrogens is 2. The van der Waals surface area contributed by atoms with Crippen molar-refractivity contribution < 1.29 is 4.74 Å². The molecule has 0 amide bonds. The van der Waals surface area contributed by atoms with Gasteiger partial charge in [0.05, 0.1) is 12.4 Å². The van der Waals surface area contributed by atoms with E-state index in [0.717, 1.165) is 16.6 Å². The van der Waals surface area contributed by atoms with E-state index in [9.17, 15) is 0 Å². The minimum absolute atomic E-state index is 0.656. The molecule has 0 N–H and O–H groups in total. The summed E-state index contributed by atoms with van der Waals surface area (Å²) in [6.45, 7) is 0. The Balaban J connectivity index is 2.29. The highest BCUT2D eigenvalue weighted by molar-refractivity contribution is 9.08. The molecule has 1 heterocycles. The number of aryl methyl sites for hydroxylation is 1. The number of ether oxygens (including phenoxy) is 1. The van der Waals surface area contributed by atoms with Gasteiger partial charge in [-0.3, -0.25) is 4.68 Å². The molecular weight excluding hydrogens is 291 g/mol. The number of alkyl halides is 1. The van der Waals surface area contributed by atoms with Gasteiger partial charge in [-0.25, -0.2) is 0 Å². The average Bonchev–Trinajstić information content (AvgIpc) is 2.64. The standard InChI is InChI=1S/C11H10BrClN2O/c1-15-7-10(6-14-15)16-11-4-9(13)3-2-8(11)5-12/h2-4,6-7H,5H2,1H3. The van der Waals surface area contributed by atoms with Crippen LogP contribution in [0.2, 0.25) is 5.02 Å². The highest BCUT2D eigenvalue weighted by Crippen LogP contribution is 2.29. The van der Waals surface area contributed by atoms with Gasteiger partial charge in [0.1, 0.15) is 5.75 Å². The summed E-state index contributed by atoms with van der Waals surface area (Å²) in [5, 5.41) is 5.42. The second kappa shape index (κ2) is 4.89. The van der Waals surface area contributed by atoms with E-state index in [2.05, 4.69) is 21.0 Å². The Labute approximate surface area is 107 Å². The number of hydrogen-bond acceptors (Lipinski definition) is 2. The van der Waals surface area contributed by atoms with Crippen molar-refractivity contribution in [2.75, 3.05) is 0 Å². The third kappa shape index (κ3) is 2.57. The maximum absolute atomic E-state index is 5.93. The molecule has 16 heavy (non-hydrogen) atoms. The molecule has 84 valence electrons. The van der Waals surface area contributed by atoms with Crippen LogP contribution in [0.1, 0.15) is 5.56 Å². The van der Waals surface area contributed by atoms with Crippen molar-refractivity contribution in [3.05, 3.63) is 41.2 Å². The van der Waals surface area contributed by atoms with Crippen molar-refractivity contribution in [3.8, 4) is 11.5 Å². The van der Waals surface area contributed by atoms with Crippen LogP contribution in [0.3, 0.4) is 0 Å². The molecule has 1 aromatic heterocycles. The second-order valence-corrected chi connectivity index (χ2v) is 4.33. The van der Waals surface area contributed by atoms with Gasteiger partial charge >= 0.3 is 0 Å². The number of benzene rings is 1. The predicted molar refractivity (Wildman–Crippen MR) is 67.4 cm³/mol. The fourth-order valence-electron chi connectivity index (χ4n) is 1.31. The van der Waals surface area contributed by atoms with E-state index in [4.69, 9.17) is 16.3 Å². The Hall–Kier alpha value is -1.00. The quantitative estimate of drug-likeness (QED) is 0.807. The second-order valence-electron chi connectivity index (χ2n) is 3.34. The first-order valence-electron chi connectivity index (χ1n) is 4.70. The molecule has 2 rings (SSSR count). The van der Waals surface area contributed by atoms with E-state index in [0.29, 0.717) is 10.8 Å². The molecule has 0 saturated carbocycles. The molecule has 0 aliphatic carbocycles. The molecule has 2 aromatic rings. The van der Waals surface area contributed by atoms with Crippen LogP contribution < -0.4 is 4.74 Å². The minimum Gasteiger partial charge on any atom is -0.454 e. The van der Waals surface area contributed by atoms with Gasteiger partial charge in [0.15, 0.2) is 5.75 Å². The zero-order chi connectivity index (χ0) is 11.5. The van der Waals surface area contributed by atoms with Crippen LogP contribution in [-0.2, 0) is 12.4 Å². The molecule has 0 aliphatic rings. The molecule has 0 bridgehead atoms. The molecule has 1 aromatic carbocycles. The molecule has 0 fully saturated rings. The van der Waals surface area contributed by atoms with Crippen molar-refractivity contribution in [3.63, 3.8) is 0 Å². The smallest absolute Gasteiger partial charge is 0.165 e. The Bertz CT molecular complexity index is 498. The van der Waals surface area contributed by atoms with Crippen LogP contribution >= 0.6 is 27.5 Å². The van der Waals surface area contributed by atoms with Gasteiger partial charge in [0.25, 0.3) is 0 Å². The lowest BCUT2D eigenvalue weighted by molar-refractivity contribution is 0.478. The molecule has 5 heteroatoms. The van der Waals surface area contributed by atoms with Crippen molar-refractivity contribution in [2.24, 2.45) is 7.05 Å². The summed E-state index contributed by atoms with van der Waals surface area (Å²) >= 11 is 9.34. The highest BCUT2D eigenvalue weighted by atomic mass is 79.9. The highest BCUT2D eigenvalue weighted by Gasteiger charge is 2.06. The first-order chi connectivity index (χ1) is 7.69. The summed E-state index contributed by atoms with van der Waals surface area (Å²) < 4.78 is 7.39. The lowest BCUT2D eigenvalue weighted by atomic mass is 10.2. The van der Waals surface area contributed by atoms with Crippen LogP contribution in [0.15, 0.2) is 30.6 Å². The van der Waals surface area contributed by atoms with Crippen molar-refractivity contribution in [1.29, 1.82) is 0 Å². The van der Waals surface area contributed by atoms with E-state index in [-0.39, 0.29) is 0 Å². The van der Waals surface area contributed by atoms with Crippen molar-refractivity contribution in [1.82, 2.24) is 9.78 Å². The van der Waals surface area contributed by atoms with Gasteiger partial charge < -0.3 is 4.74 Å². The summed E-state index contributed by atoms with van der Waals surface area (Å²) in [6.07, 6.45) is 3.47. The number of halogens is 2. The van der Waals surface area contributed by atoms with E-state index in [1.165, 1.54) is 0 Å². The summed E-state index contributed by atoms with van der Waals surface area (Å²) in [4.78, 5) is 0.